The van der Waals surface area contributed by atoms with E-state index in [9.17, 15) is 19.5 Å². The number of anilines is 1. The highest BCUT2D eigenvalue weighted by Crippen LogP contribution is 2.20. The third-order valence-corrected chi connectivity index (χ3v) is 4.49. The van der Waals surface area contributed by atoms with E-state index in [-0.39, 0.29) is 18.2 Å². The zero-order valence-corrected chi connectivity index (χ0v) is 16.4. The predicted octanol–water partition coefficient (Wildman–Crippen LogP) is -2.22. The molecule has 13 heteroatoms. The molecular weight excluding hydrogens is 396 g/mol. The van der Waals surface area contributed by atoms with Gasteiger partial charge in [-0.25, -0.2) is 9.59 Å². The maximum absolute atomic E-state index is 12.3. The molecule has 0 fully saturated rings. The Morgan fingerprint density at radius 3 is 2.77 bits per heavy atom. The molecule has 2 heterocycles. The first-order chi connectivity index (χ1) is 14.1. The number of nitrogens with two attached hydrogens (primary N) is 3. The molecule has 2 rings (SSSR count). The Kier molecular flexibility index (Phi) is 7.49. The molecule has 9 N–H and O–H groups in total. The second-order valence-corrected chi connectivity index (χ2v) is 6.87. The third kappa shape index (κ3) is 6.02. The van der Waals surface area contributed by atoms with Gasteiger partial charge in [0.05, 0.1) is 6.04 Å². The number of amides is 1. The monoisotopic (exact) mass is 422 g/mol. The maximum Gasteiger partial charge on any atom is 0.351 e. The lowest BCUT2D eigenvalue weighted by Crippen LogP contribution is -2.51. The summed E-state index contributed by atoms with van der Waals surface area (Å²) in [5.74, 6) is -1.84. The van der Waals surface area contributed by atoms with Gasteiger partial charge in [-0.2, -0.15) is 4.98 Å². The number of nitrogen functional groups attached to an aromatic ring is 1. The number of carbonyl (C=O) groups excluding carboxylic acids is 1. The topological polar surface area (TPSA) is 216 Å². The fraction of sp³-hybridized carbons (Fsp3) is 0.471. The van der Waals surface area contributed by atoms with E-state index in [1.54, 1.807) is 7.05 Å². The number of nitrogens with one attached hydrogen (secondary N) is 2. The molecule has 1 aromatic rings. The molecule has 1 aliphatic rings. The molecule has 0 aliphatic carbocycles. The summed E-state index contributed by atoms with van der Waals surface area (Å²) in [5, 5.41) is 19.4. The minimum absolute atomic E-state index is 0.0294. The average molecular weight is 422 g/mol. The van der Waals surface area contributed by atoms with Gasteiger partial charge in [-0.05, 0) is 18.6 Å². The number of ether oxygens (including phenoxy) is 1. The summed E-state index contributed by atoms with van der Waals surface area (Å²) in [4.78, 5) is 40.9. The molecule has 164 valence electrons. The molecule has 0 unspecified atom stereocenters. The Balaban J connectivity index is 2.01. The molecule has 0 radical (unpaired) electrons. The molecule has 0 spiro atoms. The van der Waals surface area contributed by atoms with Crippen LogP contribution in [0.1, 0.15) is 19.1 Å². The van der Waals surface area contributed by atoms with Crippen molar-refractivity contribution in [3.63, 3.8) is 0 Å². The minimum Gasteiger partial charge on any atom is -0.479 e. The molecule has 1 aromatic heterocycles. The average Bonchev–Trinajstić information content (AvgIpc) is 2.66. The quantitative estimate of drug-likeness (QED) is 0.151. The van der Waals surface area contributed by atoms with Crippen molar-refractivity contribution in [2.24, 2.45) is 11.5 Å². The second kappa shape index (κ2) is 9.84. The Labute approximate surface area is 172 Å². The van der Waals surface area contributed by atoms with Gasteiger partial charge >= 0.3 is 11.7 Å². The van der Waals surface area contributed by atoms with Crippen LogP contribution in [0, 0.1) is 5.41 Å². The SMILES string of the molecule is CN(CC[C@H](N)CC(=O)N[C@@H]1C=C[C@@H](n2ccc(N)nc2=O)O[C@@H]1C(=O)O)C(=N)N. The molecule has 13 nitrogen and oxygen atoms in total. The van der Waals surface area contributed by atoms with Crippen molar-refractivity contribution in [1.29, 1.82) is 5.41 Å². The van der Waals surface area contributed by atoms with Crippen LogP contribution in [-0.4, -0.2) is 69.2 Å². The fourth-order valence-corrected chi connectivity index (χ4v) is 2.77. The normalized spacial score (nSPS) is 21.6. The lowest BCUT2D eigenvalue weighted by molar-refractivity contribution is -0.159. The molecule has 0 aromatic carbocycles. The van der Waals surface area contributed by atoms with E-state index in [1.807, 2.05) is 0 Å². The first-order valence-electron chi connectivity index (χ1n) is 9.10. The van der Waals surface area contributed by atoms with Gasteiger partial charge in [0.1, 0.15) is 5.82 Å². The third-order valence-electron chi connectivity index (χ3n) is 4.49. The van der Waals surface area contributed by atoms with E-state index < -0.39 is 42.0 Å². The summed E-state index contributed by atoms with van der Waals surface area (Å²) < 4.78 is 6.57. The van der Waals surface area contributed by atoms with Crippen LogP contribution in [-0.2, 0) is 14.3 Å². The van der Waals surface area contributed by atoms with Crippen LogP contribution >= 0.6 is 0 Å². The number of carboxylic acids is 1. The number of aliphatic carboxylic acids is 1. The predicted molar refractivity (Wildman–Crippen MR) is 107 cm³/mol. The lowest BCUT2D eigenvalue weighted by atomic mass is 10.1. The van der Waals surface area contributed by atoms with Gasteiger partial charge in [0.15, 0.2) is 18.3 Å². The van der Waals surface area contributed by atoms with Gasteiger partial charge in [0.25, 0.3) is 0 Å². The Bertz CT molecular complexity index is 885. The van der Waals surface area contributed by atoms with Crippen LogP contribution in [0.5, 0.6) is 0 Å². The number of guanidine groups is 1. The number of rotatable bonds is 8. The minimum atomic E-state index is -1.42. The highest BCUT2D eigenvalue weighted by Gasteiger charge is 2.35. The zero-order valence-electron chi connectivity index (χ0n) is 16.4. The van der Waals surface area contributed by atoms with E-state index in [4.69, 9.17) is 27.3 Å². The number of carboxylic acid groups (broad SMARTS) is 1. The van der Waals surface area contributed by atoms with Crippen LogP contribution in [0.3, 0.4) is 0 Å². The summed E-state index contributed by atoms with van der Waals surface area (Å²) in [7, 11) is 1.63. The highest BCUT2D eigenvalue weighted by atomic mass is 16.5. The van der Waals surface area contributed by atoms with E-state index in [1.165, 1.54) is 29.3 Å². The summed E-state index contributed by atoms with van der Waals surface area (Å²) in [6.07, 6.45) is 2.17. The van der Waals surface area contributed by atoms with Crippen LogP contribution in [0.4, 0.5) is 5.82 Å². The number of hydrogen-bond donors (Lipinski definition) is 6. The van der Waals surface area contributed by atoms with Gasteiger partial charge in [0, 0.05) is 32.3 Å². The standard InChI is InChI=1S/C17H26N8O5/c1-24(16(20)21)6-4-9(18)8-12(26)22-10-2-3-13(30-14(10)15(27)28)25-7-5-11(19)23-17(25)29/h2-3,5,7,9-10,13-14H,4,6,8,18H2,1H3,(H3,20,21)(H,22,26)(H,27,28)(H2,19,23,29)/t9-,10+,13-,14-/m0/s1. The van der Waals surface area contributed by atoms with E-state index in [2.05, 4.69) is 10.3 Å². The highest BCUT2D eigenvalue weighted by molar-refractivity contribution is 5.80. The summed E-state index contributed by atoms with van der Waals surface area (Å²) >= 11 is 0. The van der Waals surface area contributed by atoms with Crippen LogP contribution in [0.2, 0.25) is 0 Å². The molecular formula is C17H26N8O5. The zero-order chi connectivity index (χ0) is 22.4. The Hall–Kier alpha value is -3.45. The van der Waals surface area contributed by atoms with E-state index >= 15 is 0 Å². The first-order valence-corrected chi connectivity index (χ1v) is 9.10. The van der Waals surface area contributed by atoms with Gasteiger partial charge in [-0.15, -0.1) is 0 Å². The first kappa shape index (κ1) is 22.8. The van der Waals surface area contributed by atoms with Crippen LogP contribution < -0.4 is 28.2 Å². The summed E-state index contributed by atoms with van der Waals surface area (Å²) in [6.45, 7) is 0.403. The molecule has 1 aliphatic heterocycles. The molecule has 4 atom stereocenters. The van der Waals surface area contributed by atoms with Crippen molar-refractivity contribution < 1.29 is 19.4 Å². The van der Waals surface area contributed by atoms with Gasteiger partial charge < -0.3 is 37.3 Å². The molecule has 1 amide bonds. The Morgan fingerprint density at radius 1 is 1.47 bits per heavy atom. The number of carbonyl (C=O) groups is 2. The Morgan fingerprint density at radius 2 is 2.17 bits per heavy atom. The van der Waals surface area contributed by atoms with Crippen molar-refractivity contribution in [2.75, 3.05) is 19.3 Å². The second-order valence-electron chi connectivity index (χ2n) is 6.87. The summed E-state index contributed by atoms with van der Waals surface area (Å²) in [6, 6.07) is -0.0702. The summed E-state index contributed by atoms with van der Waals surface area (Å²) in [5.41, 5.74) is 16.0. The van der Waals surface area contributed by atoms with Crippen molar-refractivity contribution in [1.82, 2.24) is 19.8 Å². The molecule has 0 bridgehead atoms. The van der Waals surface area contributed by atoms with E-state index in [0.29, 0.717) is 13.0 Å². The van der Waals surface area contributed by atoms with Gasteiger partial charge in [-0.3, -0.25) is 14.8 Å². The smallest absolute Gasteiger partial charge is 0.351 e. The van der Waals surface area contributed by atoms with Crippen LogP contribution in [0.25, 0.3) is 0 Å². The van der Waals surface area contributed by atoms with Crippen LogP contribution in [0.15, 0.2) is 29.2 Å². The van der Waals surface area contributed by atoms with Crippen molar-refractivity contribution in [3.05, 3.63) is 34.9 Å². The molecule has 30 heavy (non-hydrogen) atoms. The van der Waals surface area contributed by atoms with E-state index in [0.717, 1.165) is 4.57 Å². The van der Waals surface area contributed by atoms with Gasteiger partial charge in [-0.1, -0.05) is 6.08 Å². The van der Waals surface area contributed by atoms with Crippen molar-refractivity contribution >= 4 is 23.7 Å². The molecule has 0 saturated heterocycles. The number of aromatic nitrogens is 2. The van der Waals surface area contributed by atoms with Gasteiger partial charge in [0.2, 0.25) is 5.91 Å². The number of nitrogens with zero attached hydrogens (tertiary/aromatic N) is 3. The fourth-order valence-electron chi connectivity index (χ4n) is 2.77. The maximum atomic E-state index is 12.3. The van der Waals surface area contributed by atoms with Crippen molar-refractivity contribution in [2.45, 2.75) is 37.3 Å². The van der Waals surface area contributed by atoms with Crippen molar-refractivity contribution in [3.8, 4) is 0 Å². The molecule has 0 saturated carbocycles. The number of hydrogen-bond acceptors (Lipinski definition) is 8. The largest absolute Gasteiger partial charge is 0.479 e. The lowest BCUT2D eigenvalue weighted by Gasteiger charge is -2.31.